The second-order valence-corrected chi connectivity index (χ2v) is 34.0. The summed E-state index contributed by atoms with van der Waals surface area (Å²) in [6, 6.07) is 53.7. The fourth-order valence-corrected chi connectivity index (χ4v) is 21.0. The van der Waals surface area contributed by atoms with Crippen LogP contribution in [0.2, 0.25) is 5.02 Å². The zero-order valence-electron chi connectivity index (χ0n) is 64.8. The molecule has 600 valence electrons. The van der Waals surface area contributed by atoms with Gasteiger partial charge >= 0.3 is 0 Å². The van der Waals surface area contributed by atoms with Crippen LogP contribution in [0.4, 0.5) is 17.6 Å². The van der Waals surface area contributed by atoms with Crippen LogP contribution in [0.3, 0.4) is 0 Å². The van der Waals surface area contributed by atoms with Gasteiger partial charge in [-0.1, -0.05) is 58.3 Å². The van der Waals surface area contributed by atoms with E-state index in [2.05, 4.69) is 25.2 Å². The van der Waals surface area contributed by atoms with Crippen molar-refractivity contribution in [3.05, 3.63) is 275 Å². The molecule has 0 aliphatic carbocycles. The number of carbonyl (C=O) groups is 3. The van der Waals surface area contributed by atoms with Gasteiger partial charge in [-0.3, -0.25) is 14.4 Å². The third kappa shape index (κ3) is 18.3. The van der Waals surface area contributed by atoms with Crippen LogP contribution >= 0.6 is 11.6 Å². The minimum Gasteiger partial charge on any atom is -0.493 e. The lowest BCUT2D eigenvalue weighted by Gasteiger charge is -2.40. The first kappa shape index (κ1) is 79.9. The number of amides is 3. The molecular weight excluding hydrogens is 1510 g/mol. The van der Waals surface area contributed by atoms with Crippen molar-refractivity contribution in [3.63, 3.8) is 0 Å². The molecule has 8 aliphatic rings. The third-order valence-electron chi connectivity index (χ3n) is 24.4. The van der Waals surface area contributed by atoms with Gasteiger partial charge < -0.3 is 33.6 Å². The maximum Gasteiger partial charge on any atom is 0.256 e. The van der Waals surface area contributed by atoms with Gasteiger partial charge in [0.05, 0.1) is 66.2 Å². The molecule has 24 heteroatoms. The Morgan fingerprint density at radius 1 is 0.400 bits per heavy atom. The van der Waals surface area contributed by atoms with Crippen molar-refractivity contribution < 1.29 is 59.3 Å². The third-order valence-corrected chi connectivity index (χ3v) is 26.6. The Bertz CT molecular complexity index is 4940. The second kappa shape index (κ2) is 35.8. The average molecular weight is 1600 g/mol. The zero-order chi connectivity index (χ0) is 79.9. The van der Waals surface area contributed by atoms with E-state index in [1.54, 1.807) is 117 Å². The van der Waals surface area contributed by atoms with Crippen LogP contribution in [0.15, 0.2) is 218 Å². The van der Waals surface area contributed by atoms with E-state index in [-0.39, 0.29) is 101 Å². The summed E-state index contributed by atoms with van der Waals surface area (Å²) < 4.78 is 108. The van der Waals surface area contributed by atoms with E-state index in [4.69, 9.17) is 30.5 Å². The molecule has 0 radical (unpaired) electrons. The minimum atomic E-state index is -3.51. The van der Waals surface area contributed by atoms with Crippen molar-refractivity contribution in [2.75, 3.05) is 26.4 Å². The molecule has 18 rings (SSSR count). The Balaban J connectivity index is 0.000000121. The first-order valence-electron chi connectivity index (χ1n) is 40.2. The lowest BCUT2D eigenvalue weighted by atomic mass is 9.90. The van der Waals surface area contributed by atoms with E-state index < -0.39 is 10.0 Å². The number of fused-ring (bicyclic) bond motifs is 8. The Morgan fingerprint density at radius 2 is 0.800 bits per heavy atom. The maximum atomic E-state index is 13.8. The molecule has 115 heavy (non-hydrogen) atoms. The van der Waals surface area contributed by atoms with E-state index >= 15 is 0 Å². The molecule has 12 atom stereocenters. The van der Waals surface area contributed by atoms with Crippen LogP contribution in [0.1, 0.15) is 150 Å². The van der Waals surface area contributed by atoms with Gasteiger partial charge in [-0.15, -0.1) is 5.10 Å². The summed E-state index contributed by atoms with van der Waals surface area (Å²) >= 11 is 6.24. The largest absolute Gasteiger partial charge is 0.493 e. The minimum absolute atomic E-state index is 0.0327. The molecule has 3 amide bonds. The highest BCUT2D eigenvalue weighted by Gasteiger charge is 2.51. The number of hydrogen-bond acceptors (Lipinski definition) is 12. The van der Waals surface area contributed by atoms with Crippen molar-refractivity contribution >= 4 is 39.3 Å². The summed E-state index contributed by atoms with van der Waals surface area (Å²) in [5, 5.41) is 12.8. The number of nitrogens with zero attached hydrogens (tertiary/aromatic N) is 9. The highest BCUT2D eigenvalue weighted by molar-refractivity contribution is 7.89. The fraction of sp³-hybridized carbons (Fsp3) is 0.385. The Labute approximate surface area is 674 Å². The molecule has 8 fully saturated rings. The van der Waals surface area contributed by atoms with Crippen LogP contribution in [0.25, 0.3) is 11.4 Å². The number of halogens is 5. The van der Waals surface area contributed by atoms with Crippen LogP contribution < -0.4 is 18.9 Å². The van der Waals surface area contributed by atoms with E-state index in [1.807, 2.05) is 86.5 Å². The number of piperidine rings is 4. The van der Waals surface area contributed by atoms with Crippen molar-refractivity contribution in [1.82, 2.24) is 43.8 Å². The summed E-state index contributed by atoms with van der Waals surface area (Å²) in [5.74, 6) is 2.64. The summed E-state index contributed by atoms with van der Waals surface area (Å²) in [5.41, 5.74) is 6.58. The molecule has 8 unspecified atom stereocenters. The molecule has 8 saturated heterocycles. The number of sulfonamides is 1. The monoisotopic (exact) mass is 1600 g/mol. The van der Waals surface area contributed by atoms with Gasteiger partial charge in [-0.25, -0.2) is 35.3 Å². The van der Waals surface area contributed by atoms with Gasteiger partial charge in [0.1, 0.15) is 46.3 Å². The standard InChI is InChI=1S/C25H26FN3O2.C23H22ClFN4O2.C22H24FNO2.C21H24FNO3S/c1-17-3-11-24(28-14-2-13-27-28)22(15-17)25(30)29-20-7-4-18(23(29)12-8-20)16-31-21-9-5-19(26)6-10-21;24-16-2-9-22(28-12-11-26-27-28)20(13-16)23(30)29-18-5-1-15(21(29)10-6-18)14-31-19-7-3-17(25)4-8-19;1-15-3-2-4-16(13-15)22(25)24-19-8-5-17(21(24)12-9-19)14-26-20-10-6-18(23)7-11-20;1-15-3-2-4-20(13-15)27(24,25)23-18-8-5-16(21(23)12-9-18)14-26-19-10-6-17(22)7-11-19/h2-3,5-6,9-11,13-15,18,20,23H,4,7-8,12,16H2,1H3;2-4,7-9,11-13,15,18,21H,1,5-6,10,14H2;2-4,6-7,10-11,13,17,19,21H,5,8-9,12,14H2,1H3;2-4,6-7,10-11,13,16,18,21H,5,8-9,12,14H2,1H3/t18-,20?,23?;15-,18?,21?;17-,19?,21?;16-,18?,21?/m1111/s1. The van der Waals surface area contributed by atoms with Gasteiger partial charge in [-0.2, -0.15) is 9.40 Å². The topological polar surface area (TPSA) is 184 Å². The fourth-order valence-electron chi connectivity index (χ4n) is 18.8. The first-order chi connectivity index (χ1) is 55.8. The molecule has 2 aromatic heterocycles. The van der Waals surface area contributed by atoms with E-state index in [1.165, 1.54) is 48.5 Å². The van der Waals surface area contributed by atoms with E-state index in [0.29, 0.717) is 88.1 Å². The maximum absolute atomic E-state index is 13.8. The molecule has 18 nitrogen and oxygen atoms in total. The molecule has 8 aromatic carbocycles. The lowest BCUT2D eigenvalue weighted by molar-refractivity contribution is 0.0399. The molecule has 8 aliphatic heterocycles. The zero-order valence-corrected chi connectivity index (χ0v) is 66.3. The van der Waals surface area contributed by atoms with Gasteiger partial charge in [0.2, 0.25) is 10.0 Å². The van der Waals surface area contributed by atoms with Crippen molar-refractivity contribution in [1.29, 1.82) is 0 Å². The predicted molar refractivity (Wildman–Crippen MR) is 430 cm³/mol. The van der Waals surface area contributed by atoms with Crippen LogP contribution in [0, 0.1) is 67.7 Å². The van der Waals surface area contributed by atoms with Gasteiger partial charge in [0.25, 0.3) is 17.7 Å². The average Bonchev–Trinajstić information content (AvgIpc) is 1.66. The van der Waals surface area contributed by atoms with Crippen LogP contribution in [-0.2, 0) is 10.0 Å². The molecule has 8 bridgehead atoms. The number of rotatable bonds is 19. The van der Waals surface area contributed by atoms with Crippen molar-refractivity contribution in [3.8, 4) is 34.4 Å². The molecule has 0 saturated carbocycles. The van der Waals surface area contributed by atoms with Gasteiger partial charge in [0.15, 0.2) is 0 Å². The number of ether oxygens (including phenoxy) is 4. The van der Waals surface area contributed by atoms with Gasteiger partial charge in [0, 0.05) is 95.0 Å². The quantitative estimate of drug-likeness (QED) is 0.0699. The number of aromatic nitrogens is 5. The number of benzene rings is 8. The Kier molecular flexibility index (Phi) is 24.9. The predicted octanol–water partition coefficient (Wildman–Crippen LogP) is 18.0. The van der Waals surface area contributed by atoms with Crippen LogP contribution in [0.5, 0.6) is 23.0 Å². The summed E-state index contributed by atoms with van der Waals surface area (Å²) in [6.45, 7) is 7.98. The highest BCUT2D eigenvalue weighted by Crippen LogP contribution is 2.46. The number of hydrogen-bond donors (Lipinski definition) is 0. The Morgan fingerprint density at radius 3 is 1.25 bits per heavy atom. The number of aryl methyl sites for hydroxylation is 3. The molecule has 0 spiro atoms. The summed E-state index contributed by atoms with van der Waals surface area (Å²) in [4.78, 5) is 47.2. The summed E-state index contributed by atoms with van der Waals surface area (Å²) in [6.07, 6.45) is 22.7. The first-order valence-corrected chi connectivity index (χ1v) is 42.0. The normalized spacial score (nSPS) is 23.7. The van der Waals surface area contributed by atoms with Crippen molar-refractivity contribution in [2.45, 2.75) is 177 Å². The van der Waals surface area contributed by atoms with E-state index in [0.717, 1.165) is 131 Å². The lowest BCUT2D eigenvalue weighted by Crippen LogP contribution is -2.49. The smallest absolute Gasteiger partial charge is 0.256 e. The van der Waals surface area contributed by atoms with E-state index in [9.17, 15) is 40.4 Å². The van der Waals surface area contributed by atoms with Crippen LogP contribution in [-0.4, -0.2) is 145 Å². The molecule has 0 N–H and O–H groups in total. The second-order valence-electron chi connectivity index (χ2n) is 31.7. The SMILES string of the molecule is Cc1ccc(-n2cccn2)c(C(=O)N2C3CCC2[C@@H](COc2ccc(F)cc2)CC3)c1.Cc1cccc(C(=O)N2C3CCC2[C@@H](COc2ccc(F)cc2)CC3)c1.Cc1cccc(S(=O)(=O)N2C3CCC2[C@@H](COc2ccc(F)cc2)CC3)c1.O=C(c1cc(Cl)ccc1-n1ccnn1)N1C2CCC1[C@@H](COc1ccc(F)cc1)CC2. The molecule has 10 aromatic rings. The molecule has 10 heterocycles. The van der Waals surface area contributed by atoms with Gasteiger partial charge in [-0.05, 0) is 287 Å². The van der Waals surface area contributed by atoms with Crippen molar-refractivity contribution in [2.24, 2.45) is 23.7 Å². The highest BCUT2D eigenvalue weighted by atomic mass is 35.5. The Hall–Kier alpha value is -10.4. The number of carbonyl (C=O) groups excluding carboxylic acids is 3. The molecular formula is C91H96ClF4N9O9S. The summed E-state index contributed by atoms with van der Waals surface area (Å²) in [7, 11) is -3.51.